The van der Waals surface area contributed by atoms with E-state index in [1.54, 1.807) is 6.92 Å². The molecule has 0 heterocycles. The minimum atomic E-state index is -0.778. The molecular weight excluding hydrogens is 158 g/mol. The van der Waals surface area contributed by atoms with E-state index in [1.807, 2.05) is 0 Å². The Morgan fingerprint density at radius 2 is 2.25 bits per heavy atom. The van der Waals surface area contributed by atoms with Crippen LogP contribution in [0.1, 0.15) is 6.92 Å². The van der Waals surface area contributed by atoms with Crippen molar-refractivity contribution in [3.8, 4) is 0 Å². The molecule has 0 aromatic heterocycles. The molecule has 0 rings (SSSR count). The lowest BCUT2D eigenvalue weighted by atomic mass is 10.3. The zero-order valence-electron chi connectivity index (χ0n) is 6.83. The molecule has 0 aliphatic heterocycles. The first kappa shape index (κ1) is 10.3. The summed E-state index contributed by atoms with van der Waals surface area (Å²) in [6.45, 7) is 5.18. The standard InChI is InChI=1S/C7H11N3O2/c1-5(2)6(11)9-3-4-10-7(8)12/h4H,1,3H2,2H3,(H2,8,12)(H,9,11). The van der Waals surface area contributed by atoms with Crippen LogP contribution in [0.3, 0.4) is 0 Å². The fourth-order valence-corrected chi connectivity index (χ4v) is 0.425. The zero-order valence-corrected chi connectivity index (χ0v) is 6.83. The first-order valence-electron chi connectivity index (χ1n) is 3.29. The number of primary amides is 1. The Balaban J connectivity index is 3.64. The van der Waals surface area contributed by atoms with Gasteiger partial charge in [0.25, 0.3) is 0 Å². The van der Waals surface area contributed by atoms with E-state index in [9.17, 15) is 9.59 Å². The SMILES string of the molecule is C=C(C)C(=O)NCC=NC(N)=O. The van der Waals surface area contributed by atoms with Gasteiger partial charge in [-0.3, -0.25) is 4.79 Å². The van der Waals surface area contributed by atoms with Crippen LogP contribution in [0.25, 0.3) is 0 Å². The second-order valence-corrected chi connectivity index (χ2v) is 2.14. The minimum absolute atomic E-state index is 0.175. The molecule has 0 aliphatic carbocycles. The molecule has 0 aromatic rings. The van der Waals surface area contributed by atoms with Crippen LogP contribution in [-0.2, 0) is 4.79 Å². The summed E-state index contributed by atoms with van der Waals surface area (Å²) in [5, 5.41) is 2.44. The van der Waals surface area contributed by atoms with Gasteiger partial charge in [0.05, 0.1) is 6.54 Å². The lowest BCUT2D eigenvalue weighted by Crippen LogP contribution is -2.25. The van der Waals surface area contributed by atoms with Crippen LogP contribution in [0.4, 0.5) is 4.79 Å². The van der Waals surface area contributed by atoms with Gasteiger partial charge in [-0.15, -0.1) is 0 Å². The Morgan fingerprint density at radius 3 is 2.67 bits per heavy atom. The largest absolute Gasteiger partial charge is 0.350 e. The first-order valence-corrected chi connectivity index (χ1v) is 3.29. The number of urea groups is 1. The molecule has 0 radical (unpaired) electrons. The molecule has 0 saturated heterocycles. The zero-order chi connectivity index (χ0) is 9.56. The summed E-state index contributed by atoms with van der Waals surface area (Å²) in [6.07, 6.45) is 1.23. The number of nitrogens with zero attached hydrogens (tertiary/aromatic N) is 1. The van der Waals surface area contributed by atoms with E-state index in [4.69, 9.17) is 5.73 Å². The van der Waals surface area contributed by atoms with E-state index in [0.29, 0.717) is 5.57 Å². The monoisotopic (exact) mass is 169 g/mol. The summed E-state index contributed by atoms with van der Waals surface area (Å²) >= 11 is 0. The molecule has 3 N–H and O–H groups in total. The average Bonchev–Trinajstić information content (AvgIpc) is 1.97. The van der Waals surface area contributed by atoms with E-state index >= 15 is 0 Å². The highest BCUT2D eigenvalue weighted by atomic mass is 16.2. The lowest BCUT2D eigenvalue weighted by Gasteiger charge is -1.98. The van der Waals surface area contributed by atoms with Crippen molar-refractivity contribution in [1.29, 1.82) is 0 Å². The number of carbonyl (C=O) groups excluding carboxylic acids is 2. The number of carbonyl (C=O) groups is 2. The Kier molecular flexibility index (Phi) is 4.36. The van der Waals surface area contributed by atoms with Crippen molar-refractivity contribution in [1.82, 2.24) is 5.32 Å². The molecule has 3 amide bonds. The van der Waals surface area contributed by atoms with Crippen molar-refractivity contribution < 1.29 is 9.59 Å². The molecule has 0 bridgehead atoms. The highest BCUT2D eigenvalue weighted by molar-refractivity contribution is 5.94. The van der Waals surface area contributed by atoms with Crippen molar-refractivity contribution in [3.63, 3.8) is 0 Å². The Bertz CT molecular complexity index is 233. The van der Waals surface area contributed by atoms with Gasteiger partial charge in [0, 0.05) is 11.8 Å². The number of aliphatic imine (C=N–C) groups is 1. The molecule has 5 heteroatoms. The van der Waals surface area contributed by atoms with Gasteiger partial charge in [0.1, 0.15) is 0 Å². The summed E-state index contributed by atoms with van der Waals surface area (Å²) in [5.74, 6) is -0.272. The van der Waals surface area contributed by atoms with Gasteiger partial charge in [-0.25, -0.2) is 9.79 Å². The highest BCUT2D eigenvalue weighted by Crippen LogP contribution is 1.83. The second kappa shape index (κ2) is 5.06. The van der Waals surface area contributed by atoms with Gasteiger partial charge in [0.2, 0.25) is 5.91 Å². The van der Waals surface area contributed by atoms with Crippen molar-refractivity contribution in [2.45, 2.75) is 6.92 Å². The minimum Gasteiger partial charge on any atom is -0.350 e. The second-order valence-electron chi connectivity index (χ2n) is 2.14. The Morgan fingerprint density at radius 1 is 1.67 bits per heavy atom. The van der Waals surface area contributed by atoms with Crippen LogP contribution in [-0.4, -0.2) is 24.7 Å². The van der Waals surface area contributed by atoms with Crippen LogP contribution >= 0.6 is 0 Å². The van der Waals surface area contributed by atoms with Crippen molar-refractivity contribution in [3.05, 3.63) is 12.2 Å². The Labute approximate surface area is 70.3 Å². The van der Waals surface area contributed by atoms with Crippen LogP contribution in [0, 0.1) is 0 Å². The predicted molar refractivity (Wildman–Crippen MR) is 45.9 cm³/mol. The molecular formula is C7H11N3O2. The molecule has 12 heavy (non-hydrogen) atoms. The van der Waals surface area contributed by atoms with E-state index < -0.39 is 6.03 Å². The molecule has 0 aromatic carbocycles. The van der Waals surface area contributed by atoms with Gasteiger partial charge in [-0.2, -0.15) is 0 Å². The molecule has 0 aliphatic rings. The lowest BCUT2D eigenvalue weighted by molar-refractivity contribution is -0.117. The van der Waals surface area contributed by atoms with E-state index in [0.717, 1.165) is 0 Å². The van der Waals surface area contributed by atoms with E-state index in [-0.39, 0.29) is 12.5 Å². The third-order valence-corrected chi connectivity index (χ3v) is 0.960. The van der Waals surface area contributed by atoms with Crippen LogP contribution in [0.2, 0.25) is 0 Å². The van der Waals surface area contributed by atoms with Gasteiger partial charge < -0.3 is 11.1 Å². The van der Waals surface area contributed by atoms with Crippen LogP contribution in [0.5, 0.6) is 0 Å². The third kappa shape index (κ3) is 5.16. The summed E-state index contributed by atoms with van der Waals surface area (Å²) < 4.78 is 0. The first-order chi connectivity index (χ1) is 5.54. The van der Waals surface area contributed by atoms with Crippen molar-refractivity contribution >= 4 is 18.2 Å². The smallest absolute Gasteiger partial charge is 0.338 e. The summed E-state index contributed by atoms with van der Waals surface area (Å²) in [5.41, 5.74) is 5.11. The van der Waals surface area contributed by atoms with E-state index in [1.165, 1.54) is 6.21 Å². The fourth-order valence-electron chi connectivity index (χ4n) is 0.425. The molecule has 0 unspecified atom stereocenters. The van der Waals surface area contributed by atoms with Crippen molar-refractivity contribution in [2.24, 2.45) is 10.7 Å². The fraction of sp³-hybridized carbons (Fsp3) is 0.286. The molecule has 0 spiro atoms. The van der Waals surface area contributed by atoms with Gasteiger partial charge >= 0.3 is 6.03 Å². The highest BCUT2D eigenvalue weighted by Gasteiger charge is 1.97. The number of nitrogens with two attached hydrogens (primary N) is 1. The number of hydrogen-bond donors (Lipinski definition) is 2. The van der Waals surface area contributed by atoms with Gasteiger partial charge in [-0.05, 0) is 6.92 Å². The molecule has 66 valence electrons. The predicted octanol–water partition coefficient (Wildman–Crippen LogP) is -0.172. The molecule has 0 fully saturated rings. The topological polar surface area (TPSA) is 84.6 Å². The van der Waals surface area contributed by atoms with Crippen molar-refractivity contribution in [2.75, 3.05) is 6.54 Å². The maximum atomic E-state index is 10.8. The number of hydrogen-bond acceptors (Lipinski definition) is 2. The van der Waals surface area contributed by atoms with E-state index in [2.05, 4.69) is 16.9 Å². The maximum absolute atomic E-state index is 10.8. The normalized spacial score (nSPS) is 9.75. The summed E-state index contributed by atoms with van der Waals surface area (Å²) in [7, 11) is 0. The third-order valence-electron chi connectivity index (χ3n) is 0.960. The maximum Gasteiger partial charge on any atom is 0.338 e. The Hall–Kier alpha value is -1.65. The molecule has 0 saturated carbocycles. The quantitative estimate of drug-likeness (QED) is 0.454. The molecule has 0 atom stereocenters. The number of rotatable bonds is 3. The summed E-state index contributed by atoms with van der Waals surface area (Å²) in [4.78, 5) is 24.1. The van der Waals surface area contributed by atoms with Crippen LogP contribution in [0.15, 0.2) is 17.1 Å². The average molecular weight is 169 g/mol. The molecule has 5 nitrogen and oxygen atoms in total. The number of amides is 3. The number of nitrogens with one attached hydrogen (secondary N) is 1. The van der Waals surface area contributed by atoms with Gasteiger partial charge in [-0.1, -0.05) is 6.58 Å². The summed E-state index contributed by atoms with van der Waals surface area (Å²) in [6, 6.07) is -0.778. The van der Waals surface area contributed by atoms with Gasteiger partial charge in [0.15, 0.2) is 0 Å². The van der Waals surface area contributed by atoms with Crippen LogP contribution < -0.4 is 11.1 Å².